The maximum absolute atomic E-state index is 13.1. The van der Waals surface area contributed by atoms with Crippen molar-refractivity contribution in [3.8, 4) is 0 Å². The molecule has 38 heavy (non-hydrogen) atoms. The molecule has 1 atom stereocenters. The number of allylic oxidation sites excluding steroid dienone is 1. The number of amides is 1. The number of nitrogens with zero attached hydrogens (tertiary/aromatic N) is 3. The molecule has 5 rings (SSSR count). The molecule has 2 aliphatic rings. The lowest BCUT2D eigenvalue weighted by Gasteiger charge is -2.40. The standard InChI is InChI=1S/C31H36ClN5O/c1-5-20(6-2)12-21-17-37(18-21)31(38)28-14-23-13-24(15-25(32)29(23)35-28)34-30-22(7-3)9-11-27(36-30)26-10-8-19(4)16-33-26/h7,9-11,13-16,19-21,35H,3,5-6,8,12,17-18H2,1-2,4H3,(H,34,36). The Balaban J connectivity index is 1.34. The molecule has 3 aromatic rings. The first-order valence-corrected chi connectivity index (χ1v) is 14.0. The number of rotatable bonds is 9. The van der Waals surface area contributed by atoms with Gasteiger partial charge in [-0.1, -0.05) is 63.9 Å². The minimum absolute atomic E-state index is 0.0338. The van der Waals surface area contributed by atoms with Crippen LogP contribution in [0, 0.1) is 17.8 Å². The van der Waals surface area contributed by atoms with Gasteiger partial charge in [0.25, 0.3) is 5.91 Å². The van der Waals surface area contributed by atoms with Crippen LogP contribution in [0.25, 0.3) is 22.7 Å². The number of halogens is 1. The van der Waals surface area contributed by atoms with Crippen molar-refractivity contribution in [3.63, 3.8) is 0 Å². The molecule has 0 saturated carbocycles. The highest BCUT2D eigenvalue weighted by Crippen LogP contribution is 2.33. The first-order chi connectivity index (χ1) is 18.4. The third-order valence-corrected chi connectivity index (χ3v) is 8.10. The van der Waals surface area contributed by atoms with Crippen LogP contribution in [-0.2, 0) is 0 Å². The van der Waals surface area contributed by atoms with E-state index in [0.717, 1.165) is 59.0 Å². The maximum atomic E-state index is 13.1. The molecular formula is C31H36ClN5O. The van der Waals surface area contributed by atoms with Crippen molar-refractivity contribution in [2.75, 3.05) is 18.4 Å². The number of likely N-dealkylation sites (tertiary alicyclic amines) is 1. The molecule has 0 spiro atoms. The minimum atomic E-state index is 0.0338. The monoisotopic (exact) mass is 529 g/mol. The number of fused-ring (bicyclic) bond motifs is 1. The van der Waals surface area contributed by atoms with Crippen LogP contribution in [0.2, 0.25) is 5.02 Å². The fraction of sp³-hybridized carbons (Fsp3) is 0.387. The maximum Gasteiger partial charge on any atom is 0.270 e. The zero-order valence-electron chi connectivity index (χ0n) is 22.4. The summed E-state index contributed by atoms with van der Waals surface area (Å²) in [6, 6.07) is 9.69. The number of carbonyl (C=O) groups is 1. The van der Waals surface area contributed by atoms with Gasteiger partial charge in [-0.15, -0.1) is 0 Å². The Morgan fingerprint density at radius 2 is 2.05 bits per heavy atom. The summed E-state index contributed by atoms with van der Waals surface area (Å²) in [5.41, 5.74) is 4.68. The van der Waals surface area contributed by atoms with Crippen molar-refractivity contribution in [1.82, 2.24) is 14.9 Å². The lowest BCUT2D eigenvalue weighted by molar-refractivity contribution is 0.0443. The quantitative estimate of drug-likeness (QED) is 0.295. The van der Waals surface area contributed by atoms with Gasteiger partial charge in [-0.05, 0) is 60.9 Å². The third kappa shape index (κ3) is 5.41. The fourth-order valence-electron chi connectivity index (χ4n) is 5.34. The van der Waals surface area contributed by atoms with Gasteiger partial charge in [0.15, 0.2) is 0 Å². The second-order valence-corrected chi connectivity index (χ2v) is 11.1. The molecule has 0 radical (unpaired) electrons. The van der Waals surface area contributed by atoms with Crippen LogP contribution in [-0.4, -0.2) is 40.1 Å². The van der Waals surface area contributed by atoms with E-state index in [9.17, 15) is 4.79 Å². The number of pyridine rings is 1. The van der Waals surface area contributed by atoms with Gasteiger partial charge in [-0.2, -0.15) is 0 Å². The summed E-state index contributed by atoms with van der Waals surface area (Å²) >= 11 is 6.66. The molecule has 2 aliphatic heterocycles. The Labute approximate surface area is 229 Å². The normalized spacial score (nSPS) is 17.6. The van der Waals surface area contributed by atoms with Gasteiger partial charge in [-0.25, -0.2) is 4.98 Å². The van der Waals surface area contributed by atoms with Crippen molar-refractivity contribution in [3.05, 3.63) is 65.0 Å². The smallest absolute Gasteiger partial charge is 0.270 e. The highest BCUT2D eigenvalue weighted by atomic mass is 35.5. The Bertz CT molecular complexity index is 1410. The molecule has 4 heterocycles. The summed E-state index contributed by atoms with van der Waals surface area (Å²) in [5.74, 6) is 2.51. The molecule has 2 aromatic heterocycles. The highest BCUT2D eigenvalue weighted by molar-refractivity contribution is 6.35. The molecular weight excluding hydrogens is 494 g/mol. The number of anilines is 2. The molecule has 1 amide bonds. The number of aliphatic imine (C=N–C) groups is 1. The van der Waals surface area contributed by atoms with E-state index in [0.29, 0.717) is 28.4 Å². The minimum Gasteiger partial charge on any atom is -0.349 e. The molecule has 2 N–H and O–H groups in total. The second kappa shape index (κ2) is 11.2. The van der Waals surface area contributed by atoms with Crippen LogP contribution >= 0.6 is 11.6 Å². The second-order valence-electron chi connectivity index (χ2n) is 10.6. The molecule has 1 unspecified atom stereocenters. The van der Waals surface area contributed by atoms with Gasteiger partial charge in [0, 0.05) is 35.9 Å². The molecule has 0 bridgehead atoms. The molecule has 1 aromatic carbocycles. The number of H-pyrrole nitrogens is 1. The summed E-state index contributed by atoms with van der Waals surface area (Å²) in [6.45, 7) is 12.2. The first-order valence-electron chi connectivity index (χ1n) is 13.6. The number of aromatic amines is 1. The third-order valence-electron chi connectivity index (χ3n) is 7.80. The van der Waals surface area contributed by atoms with Gasteiger partial charge < -0.3 is 15.2 Å². The molecule has 0 aliphatic carbocycles. The largest absolute Gasteiger partial charge is 0.349 e. The van der Waals surface area contributed by atoms with Crippen LogP contribution in [0.5, 0.6) is 0 Å². The number of aromatic nitrogens is 2. The summed E-state index contributed by atoms with van der Waals surface area (Å²) in [7, 11) is 0. The van der Waals surface area contributed by atoms with E-state index in [4.69, 9.17) is 16.6 Å². The van der Waals surface area contributed by atoms with E-state index in [1.807, 2.05) is 41.4 Å². The van der Waals surface area contributed by atoms with Gasteiger partial charge >= 0.3 is 0 Å². The summed E-state index contributed by atoms with van der Waals surface area (Å²) < 4.78 is 0. The number of hydrogen-bond donors (Lipinski definition) is 2. The highest BCUT2D eigenvalue weighted by Gasteiger charge is 2.33. The van der Waals surface area contributed by atoms with E-state index in [-0.39, 0.29) is 5.91 Å². The summed E-state index contributed by atoms with van der Waals surface area (Å²) in [5, 5.41) is 4.83. The Morgan fingerprint density at radius 1 is 1.26 bits per heavy atom. The molecule has 6 nitrogen and oxygen atoms in total. The number of carbonyl (C=O) groups excluding carboxylic acids is 1. The predicted molar refractivity (Wildman–Crippen MR) is 159 cm³/mol. The lowest BCUT2D eigenvalue weighted by atomic mass is 9.86. The van der Waals surface area contributed by atoms with Crippen LogP contribution in [0.4, 0.5) is 11.5 Å². The first kappa shape index (κ1) is 26.2. The summed E-state index contributed by atoms with van der Waals surface area (Å²) in [6.07, 6.45) is 10.4. The van der Waals surface area contributed by atoms with Gasteiger partial charge in [0.2, 0.25) is 0 Å². The van der Waals surface area contributed by atoms with Crippen LogP contribution in [0.15, 0.2) is 48.0 Å². The van der Waals surface area contributed by atoms with Crippen molar-refractivity contribution in [2.24, 2.45) is 22.7 Å². The topological polar surface area (TPSA) is 73.4 Å². The molecule has 7 heteroatoms. The van der Waals surface area contributed by atoms with Crippen LogP contribution in [0.1, 0.15) is 68.2 Å². The zero-order valence-corrected chi connectivity index (χ0v) is 23.2. The van der Waals surface area contributed by atoms with Crippen LogP contribution < -0.4 is 5.32 Å². The Hall–Kier alpha value is -3.38. The molecule has 1 saturated heterocycles. The summed E-state index contributed by atoms with van der Waals surface area (Å²) in [4.78, 5) is 27.7. The molecule has 1 fully saturated rings. The van der Waals surface area contributed by atoms with E-state index < -0.39 is 0 Å². The number of nitrogens with one attached hydrogen (secondary N) is 2. The zero-order chi connectivity index (χ0) is 26.8. The SMILES string of the molecule is C=Cc1ccc(C2=CCC(C)C=N2)nc1Nc1cc(Cl)c2[nH]c(C(=O)N3CC(CC(CC)CC)C3)cc2c1. The van der Waals surface area contributed by atoms with Crippen molar-refractivity contribution < 1.29 is 4.79 Å². The average Bonchev–Trinajstić information content (AvgIpc) is 3.33. The van der Waals surface area contributed by atoms with E-state index >= 15 is 0 Å². The number of benzene rings is 1. The molecule has 198 valence electrons. The van der Waals surface area contributed by atoms with Crippen LogP contribution in [0.3, 0.4) is 0 Å². The van der Waals surface area contributed by atoms with Gasteiger partial charge in [0.05, 0.1) is 21.9 Å². The Kier molecular flexibility index (Phi) is 7.70. The predicted octanol–water partition coefficient (Wildman–Crippen LogP) is 7.95. The Morgan fingerprint density at radius 3 is 2.74 bits per heavy atom. The van der Waals surface area contributed by atoms with E-state index in [1.165, 1.54) is 19.3 Å². The van der Waals surface area contributed by atoms with Crippen molar-refractivity contribution in [1.29, 1.82) is 0 Å². The lowest BCUT2D eigenvalue weighted by Crippen LogP contribution is -2.50. The van der Waals surface area contributed by atoms with E-state index in [2.05, 4.69) is 48.7 Å². The average molecular weight is 530 g/mol. The van der Waals surface area contributed by atoms with Crippen molar-refractivity contribution >= 4 is 57.9 Å². The van der Waals surface area contributed by atoms with E-state index in [1.54, 1.807) is 6.08 Å². The number of hydrogen-bond acceptors (Lipinski definition) is 4. The van der Waals surface area contributed by atoms with Gasteiger partial charge in [0.1, 0.15) is 11.5 Å². The van der Waals surface area contributed by atoms with Gasteiger partial charge in [-0.3, -0.25) is 9.79 Å². The fourth-order valence-corrected chi connectivity index (χ4v) is 5.61. The van der Waals surface area contributed by atoms with Crippen molar-refractivity contribution in [2.45, 2.75) is 46.5 Å².